The van der Waals surface area contributed by atoms with Crippen molar-refractivity contribution in [2.75, 3.05) is 20.7 Å². The summed E-state index contributed by atoms with van der Waals surface area (Å²) in [4.78, 5) is 25.1. The summed E-state index contributed by atoms with van der Waals surface area (Å²) in [5, 5.41) is 0. The van der Waals surface area contributed by atoms with Crippen LogP contribution in [0.1, 0.15) is 15.9 Å². The molecule has 0 unspecified atom stereocenters. The number of nitrogens with zero attached hydrogens (tertiary/aromatic N) is 1. The Morgan fingerprint density at radius 1 is 1.08 bits per heavy atom. The molecule has 0 aliphatic heterocycles. The van der Waals surface area contributed by atoms with E-state index in [-0.39, 0.29) is 18.3 Å². The molecule has 1 amide bonds. The molecular weight excluding hydrogens is 417 g/mol. The van der Waals surface area contributed by atoms with Crippen LogP contribution in [0.4, 0.5) is 0 Å². The first kappa shape index (κ1) is 18.2. The average molecular weight is 435 g/mol. The van der Waals surface area contributed by atoms with E-state index in [2.05, 4.69) is 22.6 Å². The van der Waals surface area contributed by atoms with Crippen molar-refractivity contribution in [2.24, 2.45) is 0 Å². The standard InChI is InChI=1S/C19H18INO3/c1-21(2)19(23)13-24-16-10-7-15(8-11-16)18(22)12-9-14-5-3-4-6-17(14)20/h3-12H,13H2,1-2H3/b12-9+. The predicted octanol–water partition coefficient (Wildman–Crippen LogP) is 3.65. The SMILES string of the molecule is CN(C)C(=O)COc1ccc(C(=O)/C=C/c2ccccc2I)cc1. The Balaban J connectivity index is 1.98. The Morgan fingerprint density at radius 2 is 1.75 bits per heavy atom. The highest BCUT2D eigenvalue weighted by Crippen LogP contribution is 2.15. The zero-order valence-corrected chi connectivity index (χ0v) is 15.7. The summed E-state index contributed by atoms with van der Waals surface area (Å²) < 4.78 is 6.48. The molecule has 0 aliphatic carbocycles. The maximum atomic E-state index is 12.2. The van der Waals surface area contributed by atoms with Gasteiger partial charge in [0, 0.05) is 23.2 Å². The molecule has 0 bridgehead atoms. The van der Waals surface area contributed by atoms with Gasteiger partial charge in [0.05, 0.1) is 0 Å². The zero-order valence-electron chi connectivity index (χ0n) is 13.5. The summed E-state index contributed by atoms with van der Waals surface area (Å²) in [7, 11) is 3.35. The molecule has 0 N–H and O–H groups in total. The number of halogens is 1. The number of ketones is 1. The van der Waals surface area contributed by atoms with Gasteiger partial charge in [-0.1, -0.05) is 24.3 Å². The summed E-state index contributed by atoms with van der Waals surface area (Å²) in [5.41, 5.74) is 1.58. The first-order valence-corrected chi connectivity index (χ1v) is 8.45. The highest BCUT2D eigenvalue weighted by molar-refractivity contribution is 14.1. The quantitative estimate of drug-likeness (QED) is 0.396. The second kappa shape index (κ2) is 8.63. The summed E-state index contributed by atoms with van der Waals surface area (Å²) in [6.07, 6.45) is 3.37. The predicted molar refractivity (Wildman–Crippen MR) is 103 cm³/mol. The van der Waals surface area contributed by atoms with E-state index in [1.165, 1.54) is 4.90 Å². The van der Waals surface area contributed by atoms with Crippen molar-refractivity contribution in [1.82, 2.24) is 4.90 Å². The largest absolute Gasteiger partial charge is 0.484 e. The first-order valence-electron chi connectivity index (χ1n) is 7.37. The van der Waals surface area contributed by atoms with Crippen molar-refractivity contribution in [3.8, 4) is 5.75 Å². The number of benzene rings is 2. The Hall–Kier alpha value is -2.15. The van der Waals surface area contributed by atoms with Crippen molar-refractivity contribution in [3.05, 3.63) is 69.3 Å². The molecule has 0 aliphatic rings. The van der Waals surface area contributed by atoms with Gasteiger partial charge in [0.15, 0.2) is 12.4 Å². The van der Waals surface area contributed by atoms with Crippen LogP contribution in [0.25, 0.3) is 6.08 Å². The summed E-state index contributed by atoms with van der Waals surface area (Å²) in [6.45, 7) is -0.0212. The molecule has 0 heterocycles. The molecule has 24 heavy (non-hydrogen) atoms. The van der Waals surface area contributed by atoms with Gasteiger partial charge in [0.25, 0.3) is 5.91 Å². The van der Waals surface area contributed by atoms with Gasteiger partial charge in [-0.3, -0.25) is 9.59 Å². The number of ether oxygens (including phenoxy) is 1. The first-order chi connectivity index (χ1) is 11.5. The Morgan fingerprint density at radius 3 is 2.38 bits per heavy atom. The van der Waals surface area contributed by atoms with Crippen molar-refractivity contribution in [3.63, 3.8) is 0 Å². The molecule has 0 radical (unpaired) electrons. The van der Waals surface area contributed by atoms with Crippen LogP contribution in [0.5, 0.6) is 5.75 Å². The molecular formula is C19H18INO3. The molecule has 2 aromatic rings. The van der Waals surface area contributed by atoms with Gasteiger partial charge in [-0.15, -0.1) is 0 Å². The maximum Gasteiger partial charge on any atom is 0.259 e. The van der Waals surface area contributed by atoms with Crippen molar-refractivity contribution < 1.29 is 14.3 Å². The van der Waals surface area contributed by atoms with Crippen LogP contribution in [-0.4, -0.2) is 37.3 Å². The highest BCUT2D eigenvalue weighted by atomic mass is 127. The number of rotatable bonds is 6. The van der Waals surface area contributed by atoms with Gasteiger partial charge < -0.3 is 9.64 Å². The number of hydrogen-bond acceptors (Lipinski definition) is 3. The summed E-state index contributed by atoms with van der Waals surface area (Å²) in [6, 6.07) is 14.6. The van der Waals surface area contributed by atoms with Crippen LogP contribution in [0.15, 0.2) is 54.6 Å². The number of likely N-dealkylation sites (N-methyl/N-ethyl adjacent to an activating group) is 1. The minimum absolute atomic E-state index is 0.0212. The van der Waals surface area contributed by atoms with Gasteiger partial charge in [0.2, 0.25) is 0 Å². The third kappa shape index (κ3) is 5.19. The number of carbonyl (C=O) groups is 2. The molecule has 2 aromatic carbocycles. The lowest BCUT2D eigenvalue weighted by atomic mass is 10.1. The fourth-order valence-corrected chi connectivity index (χ4v) is 2.43. The average Bonchev–Trinajstić information content (AvgIpc) is 2.59. The maximum absolute atomic E-state index is 12.2. The van der Waals surface area contributed by atoms with Crippen LogP contribution in [0.2, 0.25) is 0 Å². The lowest BCUT2D eigenvalue weighted by molar-refractivity contribution is -0.130. The molecule has 0 spiro atoms. The summed E-state index contributed by atoms with van der Waals surface area (Å²) in [5.74, 6) is 0.365. The molecule has 0 fully saturated rings. The van der Waals surface area contributed by atoms with Crippen LogP contribution >= 0.6 is 22.6 Å². The molecule has 0 saturated carbocycles. The second-order valence-corrected chi connectivity index (χ2v) is 6.48. The minimum atomic E-state index is -0.115. The fourth-order valence-electron chi connectivity index (χ4n) is 1.86. The van der Waals surface area contributed by atoms with E-state index >= 15 is 0 Å². The van der Waals surface area contributed by atoms with Gasteiger partial charge in [-0.25, -0.2) is 0 Å². The van der Waals surface area contributed by atoms with E-state index in [0.717, 1.165) is 9.13 Å². The molecule has 4 nitrogen and oxygen atoms in total. The fraction of sp³-hybridized carbons (Fsp3) is 0.158. The monoisotopic (exact) mass is 435 g/mol. The van der Waals surface area contributed by atoms with Crippen molar-refractivity contribution in [2.45, 2.75) is 0 Å². The normalized spacial score (nSPS) is 10.6. The summed E-state index contributed by atoms with van der Waals surface area (Å²) >= 11 is 2.23. The second-order valence-electron chi connectivity index (χ2n) is 5.32. The molecule has 0 aromatic heterocycles. The van der Waals surface area contributed by atoms with Crippen LogP contribution in [0, 0.1) is 3.57 Å². The third-order valence-corrected chi connectivity index (χ3v) is 4.30. The van der Waals surface area contributed by atoms with E-state index in [1.54, 1.807) is 44.4 Å². The van der Waals surface area contributed by atoms with Gasteiger partial charge in [-0.05, 0) is 64.6 Å². The third-order valence-electron chi connectivity index (χ3n) is 3.32. The highest BCUT2D eigenvalue weighted by Gasteiger charge is 2.06. The van der Waals surface area contributed by atoms with Crippen LogP contribution < -0.4 is 4.74 Å². The Bertz CT molecular complexity index is 751. The smallest absolute Gasteiger partial charge is 0.259 e. The molecule has 0 saturated heterocycles. The number of hydrogen-bond donors (Lipinski definition) is 0. The Labute approximate surface area is 155 Å². The zero-order chi connectivity index (χ0) is 17.5. The van der Waals surface area contributed by atoms with Gasteiger partial charge in [0.1, 0.15) is 5.75 Å². The van der Waals surface area contributed by atoms with E-state index in [4.69, 9.17) is 4.74 Å². The minimum Gasteiger partial charge on any atom is -0.484 e. The van der Waals surface area contributed by atoms with E-state index < -0.39 is 0 Å². The molecule has 5 heteroatoms. The van der Waals surface area contributed by atoms with Gasteiger partial charge >= 0.3 is 0 Å². The lowest BCUT2D eigenvalue weighted by Gasteiger charge is -2.11. The number of amides is 1. The molecule has 124 valence electrons. The van der Waals surface area contributed by atoms with Crippen molar-refractivity contribution >= 4 is 40.4 Å². The topological polar surface area (TPSA) is 46.6 Å². The lowest BCUT2D eigenvalue weighted by Crippen LogP contribution is -2.27. The van der Waals surface area contributed by atoms with E-state index in [1.807, 2.05) is 30.3 Å². The van der Waals surface area contributed by atoms with Crippen molar-refractivity contribution in [1.29, 1.82) is 0 Å². The number of allylic oxidation sites excluding steroid dienone is 1. The van der Waals surface area contributed by atoms with Gasteiger partial charge in [-0.2, -0.15) is 0 Å². The number of carbonyl (C=O) groups excluding carboxylic acids is 2. The van der Waals surface area contributed by atoms with Crippen LogP contribution in [-0.2, 0) is 4.79 Å². The molecule has 0 atom stereocenters. The van der Waals surface area contributed by atoms with E-state index in [9.17, 15) is 9.59 Å². The van der Waals surface area contributed by atoms with E-state index in [0.29, 0.717) is 11.3 Å². The molecule has 2 rings (SSSR count). The Kier molecular flexibility index (Phi) is 6.54. The van der Waals surface area contributed by atoms with Crippen LogP contribution in [0.3, 0.4) is 0 Å².